The number of allylic oxidation sites excluding steroid dienone is 2. The van der Waals surface area contributed by atoms with Crippen LogP contribution < -0.4 is 5.84 Å². The molecule has 0 unspecified atom stereocenters. The smallest absolute Gasteiger partial charge is 0.267 e. The van der Waals surface area contributed by atoms with Gasteiger partial charge in [-0.2, -0.15) is 0 Å². The standard InChI is InChI=1S/C15H18N2O2S/c1-7(2)12-13(15(19)17(16)14(12)18)9(4)11-6-8(3)20-10(11)5/h6H,16H2,1-5H3. The quantitative estimate of drug-likeness (QED) is 0.374. The molecule has 0 radical (unpaired) electrons. The average molecular weight is 290 g/mol. The Morgan fingerprint density at radius 3 is 2.10 bits per heavy atom. The average Bonchev–Trinajstić information content (AvgIpc) is 2.80. The molecule has 0 saturated carbocycles. The minimum absolute atomic E-state index is 0.422. The van der Waals surface area contributed by atoms with E-state index in [1.165, 1.54) is 4.88 Å². The Morgan fingerprint density at radius 1 is 1.10 bits per heavy atom. The topological polar surface area (TPSA) is 63.4 Å². The maximum atomic E-state index is 12.3. The predicted molar refractivity (Wildman–Crippen MR) is 80.8 cm³/mol. The Kier molecular flexibility index (Phi) is 3.67. The number of nitrogens with zero attached hydrogens (tertiary/aromatic N) is 1. The van der Waals surface area contributed by atoms with E-state index in [0.717, 1.165) is 21.6 Å². The molecule has 1 aromatic heterocycles. The van der Waals surface area contributed by atoms with E-state index in [0.29, 0.717) is 16.2 Å². The SMILES string of the molecule is CC(C)=C1C(=O)N(N)C(=O)C1=C(C)c1cc(C)sc1C. The highest BCUT2D eigenvalue weighted by molar-refractivity contribution is 7.12. The minimum atomic E-state index is -0.424. The van der Waals surface area contributed by atoms with E-state index in [9.17, 15) is 9.59 Å². The second kappa shape index (κ2) is 5.00. The molecule has 0 aliphatic carbocycles. The van der Waals surface area contributed by atoms with Crippen molar-refractivity contribution in [3.05, 3.63) is 38.1 Å². The molecule has 20 heavy (non-hydrogen) atoms. The maximum Gasteiger partial charge on any atom is 0.276 e. The third-order valence-electron chi connectivity index (χ3n) is 3.44. The number of hydrazine groups is 1. The molecule has 1 aromatic rings. The van der Waals surface area contributed by atoms with E-state index in [-0.39, 0.29) is 0 Å². The van der Waals surface area contributed by atoms with Crippen molar-refractivity contribution in [2.75, 3.05) is 0 Å². The molecule has 1 saturated heterocycles. The van der Waals surface area contributed by atoms with E-state index in [1.807, 2.05) is 40.7 Å². The summed E-state index contributed by atoms with van der Waals surface area (Å²) < 4.78 is 0. The summed E-state index contributed by atoms with van der Waals surface area (Å²) in [4.78, 5) is 26.7. The lowest BCUT2D eigenvalue weighted by Crippen LogP contribution is -2.36. The summed E-state index contributed by atoms with van der Waals surface area (Å²) in [6.45, 7) is 9.55. The highest BCUT2D eigenvalue weighted by Crippen LogP contribution is 2.35. The number of thiophene rings is 1. The molecule has 1 aliphatic rings. The highest BCUT2D eigenvalue weighted by atomic mass is 32.1. The summed E-state index contributed by atoms with van der Waals surface area (Å²) in [6, 6.07) is 2.04. The van der Waals surface area contributed by atoms with Crippen LogP contribution in [-0.2, 0) is 9.59 Å². The van der Waals surface area contributed by atoms with Crippen molar-refractivity contribution < 1.29 is 9.59 Å². The fourth-order valence-corrected chi connectivity index (χ4v) is 3.48. The summed E-state index contributed by atoms with van der Waals surface area (Å²) >= 11 is 1.68. The maximum absolute atomic E-state index is 12.3. The summed E-state index contributed by atoms with van der Waals surface area (Å²) in [6.07, 6.45) is 0. The van der Waals surface area contributed by atoms with E-state index < -0.39 is 11.8 Å². The number of aryl methyl sites for hydroxylation is 2. The lowest BCUT2D eigenvalue weighted by atomic mass is 9.95. The van der Waals surface area contributed by atoms with Crippen LogP contribution in [0.2, 0.25) is 0 Å². The molecule has 0 bridgehead atoms. The van der Waals surface area contributed by atoms with Crippen molar-refractivity contribution in [3.63, 3.8) is 0 Å². The third-order valence-corrected chi connectivity index (χ3v) is 4.40. The number of imide groups is 1. The number of carbonyl (C=O) groups excluding carboxylic acids is 2. The fourth-order valence-electron chi connectivity index (χ4n) is 2.50. The van der Waals surface area contributed by atoms with Gasteiger partial charge in [0.2, 0.25) is 0 Å². The van der Waals surface area contributed by atoms with Gasteiger partial charge in [-0.3, -0.25) is 9.59 Å². The van der Waals surface area contributed by atoms with E-state index >= 15 is 0 Å². The number of amides is 2. The van der Waals surface area contributed by atoms with Crippen molar-refractivity contribution in [3.8, 4) is 0 Å². The van der Waals surface area contributed by atoms with Crippen LogP contribution in [0.5, 0.6) is 0 Å². The van der Waals surface area contributed by atoms with Crippen molar-refractivity contribution in [1.29, 1.82) is 0 Å². The summed E-state index contributed by atoms with van der Waals surface area (Å²) in [7, 11) is 0. The summed E-state index contributed by atoms with van der Waals surface area (Å²) in [5, 5.41) is 0.704. The van der Waals surface area contributed by atoms with Gasteiger partial charge in [0.1, 0.15) is 0 Å². The minimum Gasteiger partial charge on any atom is -0.267 e. The lowest BCUT2D eigenvalue weighted by molar-refractivity contribution is -0.136. The van der Waals surface area contributed by atoms with Crippen molar-refractivity contribution in [1.82, 2.24) is 5.01 Å². The van der Waals surface area contributed by atoms with Gasteiger partial charge in [-0.15, -0.1) is 11.3 Å². The molecule has 2 rings (SSSR count). The first kappa shape index (κ1) is 14.7. The zero-order valence-electron chi connectivity index (χ0n) is 12.3. The zero-order chi connectivity index (χ0) is 15.2. The zero-order valence-corrected chi connectivity index (χ0v) is 13.1. The molecule has 2 amide bonds. The first-order chi connectivity index (χ1) is 9.25. The van der Waals surface area contributed by atoms with Gasteiger partial charge < -0.3 is 0 Å². The Hall–Kier alpha value is -1.72. The molecule has 106 valence electrons. The number of rotatable bonds is 1. The Balaban J connectivity index is 2.73. The summed E-state index contributed by atoms with van der Waals surface area (Å²) in [5.41, 5.74) is 3.49. The van der Waals surface area contributed by atoms with Gasteiger partial charge in [0, 0.05) is 9.75 Å². The van der Waals surface area contributed by atoms with Gasteiger partial charge in [0.05, 0.1) is 11.1 Å². The van der Waals surface area contributed by atoms with E-state index in [1.54, 1.807) is 11.3 Å². The first-order valence-corrected chi connectivity index (χ1v) is 7.17. The largest absolute Gasteiger partial charge is 0.276 e. The molecular weight excluding hydrogens is 272 g/mol. The van der Waals surface area contributed by atoms with E-state index in [2.05, 4.69) is 0 Å². The van der Waals surface area contributed by atoms with Crippen molar-refractivity contribution in [2.24, 2.45) is 5.84 Å². The second-order valence-electron chi connectivity index (χ2n) is 5.18. The molecule has 4 nitrogen and oxygen atoms in total. The predicted octanol–water partition coefficient (Wildman–Crippen LogP) is 2.72. The molecule has 1 aliphatic heterocycles. The molecule has 1 fully saturated rings. The van der Waals surface area contributed by atoms with Crippen molar-refractivity contribution >= 4 is 28.7 Å². The van der Waals surface area contributed by atoms with Gasteiger partial charge in [-0.1, -0.05) is 5.57 Å². The van der Waals surface area contributed by atoms with Crippen LogP contribution in [0.25, 0.3) is 5.57 Å². The van der Waals surface area contributed by atoms with Crippen LogP contribution in [-0.4, -0.2) is 16.8 Å². The fraction of sp³-hybridized carbons (Fsp3) is 0.333. The lowest BCUT2D eigenvalue weighted by Gasteiger charge is -2.06. The van der Waals surface area contributed by atoms with Crippen LogP contribution in [0.15, 0.2) is 22.8 Å². The Labute approximate surface area is 122 Å². The third kappa shape index (κ3) is 2.13. The van der Waals surface area contributed by atoms with Gasteiger partial charge in [0.25, 0.3) is 11.8 Å². The van der Waals surface area contributed by atoms with Crippen LogP contribution in [0, 0.1) is 13.8 Å². The molecule has 0 spiro atoms. The normalized spacial score (nSPS) is 18.1. The summed E-state index contributed by atoms with van der Waals surface area (Å²) in [5.74, 6) is 4.72. The van der Waals surface area contributed by atoms with E-state index in [4.69, 9.17) is 5.84 Å². The molecule has 5 heteroatoms. The Bertz CT molecular complexity index is 676. The van der Waals surface area contributed by atoms with Gasteiger partial charge in [-0.25, -0.2) is 10.9 Å². The molecular formula is C15H18N2O2S. The number of hydrogen-bond donors (Lipinski definition) is 1. The van der Waals surface area contributed by atoms with Gasteiger partial charge in [-0.05, 0) is 51.8 Å². The van der Waals surface area contributed by atoms with Crippen LogP contribution >= 0.6 is 11.3 Å². The molecule has 2 heterocycles. The van der Waals surface area contributed by atoms with Gasteiger partial charge in [0.15, 0.2) is 0 Å². The molecule has 2 N–H and O–H groups in total. The molecule has 0 atom stereocenters. The number of carbonyl (C=O) groups is 2. The van der Waals surface area contributed by atoms with Crippen LogP contribution in [0.1, 0.15) is 36.1 Å². The second-order valence-corrected chi connectivity index (χ2v) is 6.64. The molecule has 0 aromatic carbocycles. The van der Waals surface area contributed by atoms with Gasteiger partial charge >= 0.3 is 0 Å². The van der Waals surface area contributed by atoms with Crippen LogP contribution in [0.4, 0.5) is 0 Å². The van der Waals surface area contributed by atoms with Crippen LogP contribution in [0.3, 0.4) is 0 Å². The first-order valence-electron chi connectivity index (χ1n) is 6.35. The van der Waals surface area contributed by atoms with Crippen molar-refractivity contribution in [2.45, 2.75) is 34.6 Å². The number of hydrogen-bond acceptors (Lipinski definition) is 4. The Morgan fingerprint density at radius 2 is 1.65 bits per heavy atom. The monoisotopic (exact) mass is 290 g/mol. The highest BCUT2D eigenvalue weighted by Gasteiger charge is 2.39. The number of nitrogens with two attached hydrogens (primary N) is 1.